The Kier molecular flexibility index (Phi) is 5.58. The molecule has 0 radical (unpaired) electrons. The highest BCUT2D eigenvalue weighted by Crippen LogP contribution is 2.41. The van der Waals surface area contributed by atoms with Gasteiger partial charge in [0, 0.05) is 43.6 Å². The summed E-state index contributed by atoms with van der Waals surface area (Å²) in [7, 11) is 0. The minimum Gasteiger partial charge on any atom is -0.368 e. The number of nitrogens with one attached hydrogen (secondary N) is 1. The molecular weight excluding hydrogens is 360 g/mol. The quantitative estimate of drug-likeness (QED) is 0.758. The zero-order valence-electron chi connectivity index (χ0n) is 16.6. The van der Waals surface area contributed by atoms with Crippen LogP contribution in [-0.2, 0) is 14.4 Å². The van der Waals surface area contributed by atoms with Crippen molar-refractivity contribution in [3.05, 3.63) is 34.2 Å². The van der Waals surface area contributed by atoms with E-state index in [1.54, 1.807) is 15.5 Å². The van der Waals surface area contributed by atoms with Crippen molar-refractivity contribution in [2.24, 2.45) is 17.6 Å². The monoisotopic (exact) mass is 388 g/mol. The number of piperidine rings is 1. The van der Waals surface area contributed by atoms with Gasteiger partial charge in [0.25, 0.3) is 5.56 Å². The fourth-order valence-corrected chi connectivity index (χ4v) is 4.50. The molecule has 3 amide bonds. The van der Waals surface area contributed by atoms with Crippen molar-refractivity contribution < 1.29 is 14.4 Å². The first kappa shape index (κ1) is 20.1. The molecule has 0 spiro atoms. The van der Waals surface area contributed by atoms with Gasteiger partial charge in [-0.2, -0.15) is 0 Å². The Morgan fingerprint density at radius 3 is 2.57 bits per heavy atom. The molecule has 3 N–H and O–H groups in total. The molecule has 152 valence electrons. The molecule has 0 aromatic carbocycles. The van der Waals surface area contributed by atoms with Gasteiger partial charge in [0.15, 0.2) is 0 Å². The van der Waals surface area contributed by atoms with E-state index in [0.717, 1.165) is 12.1 Å². The molecule has 0 aliphatic carbocycles. The summed E-state index contributed by atoms with van der Waals surface area (Å²) in [5.74, 6) is -1.04. The van der Waals surface area contributed by atoms with Crippen LogP contribution in [0, 0.1) is 11.8 Å². The van der Waals surface area contributed by atoms with E-state index >= 15 is 0 Å². The number of primary amides is 1. The van der Waals surface area contributed by atoms with Crippen LogP contribution in [0.3, 0.4) is 0 Å². The van der Waals surface area contributed by atoms with Crippen molar-refractivity contribution in [3.8, 4) is 0 Å². The van der Waals surface area contributed by atoms with Crippen LogP contribution in [-0.4, -0.2) is 46.3 Å². The molecule has 1 aromatic heterocycles. The fraction of sp³-hybridized carbons (Fsp3) is 0.600. The van der Waals surface area contributed by atoms with E-state index in [-0.39, 0.29) is 29.2 Å². The number of fused-ring (bicyclic) bond motifs is 4. The summed E-state index contributed by atoms with van der Waals surface area (Å²) in [6, 6.07) is 3.40. The number of carbonyl (C=O) groups excluding carboxylic acids is 3. The van der Waals surface area contributed by atoms with Crippen molar-refractivity contribution in [1.82, 2.24) is 14.8 Å². The number of hydrogen-bond acceptors (Lipinski definition) is 4. The van der Waals surface area contributed by atoms with Gasteiger partial charge in [-0.05, 0) is 24.8 Å². The number of aromatic nitrogens is 1. The normalized spacial score (nSPS) is 24.4. The number of pyridine rings is 1. The molecule has 1 fully saturated rings. The predicted octanol–water partition coefficient (Wildman–Crippen LogP) is 0.371. The van der Waals surface area contributed by atoms with Crippen LogP contribution in [0.2, 0.25) is 0 Å². The van der Waals surface area contributed by atoms with E-state index in [0.29, 0.717) is 19.5 Å². The Hall–Kier alpha value is -2.64. The maximum Gasteiger partial charge on any atom is 0.251 e. The predicted molar refractivity (Wildman–Crippen MR) is 103 cm³/mol. The van der Waals surface area contributed by atoms with Crippen LogP contribution in [0.4, 0.5) is 0 Å². The molecule has 28 heavy (non-hydrogen) atoms. The van der Waals surface area contributed by atoms with Crippen LogP contribution in [0.5, 0.6) is 0 Å². The number of rotatable bonds is 5. The smallest absolute Gasteiger partial charge is 0.251 e. The number of nitrogens with two attached hydrogens (primary N) is 1. The van der Waals surface area contributed by atoms with Gasteiger partial charge in [-0.25, -0.2) is 0 Å². The Bertz CT molecular complexity index is 847. The molecule has 3 heterocycles. The van der Waals surface area contributed by atoms with Gasteiger partial charge in [0.1, 0.15) is 12.1 Å². The lowest BCUT2D eigenvalue weighted by Crippen LogP contribution is -2.56. The van der Waals surface area contributed by atoms with Crippen LogP contribution in [0.25, 0.3) is 0 Å². The Labute approximate surface area is 164 Å². The average molecular weight is 388 g/mol. The van der Waals surface area contributed by atoms with Crippen LogP contribution in [0.1, 0.15) is 51.3 Å². The molecule has 8 heteroatoms. The SMILES string of the molecule is CC(=O)N1C[C@H]2C[C@@H](C1)[C@H](C(=O)N[C@@H](CC(C)C)C(N)=O)n1c2cccc1=O. The second kappa shape index (κ2) is 7.77. The molecule has 2 bridgehead atoms. The maximum atomic E-state index is 13.2. The van der Waals surface area contributed by atoms with Gasteiger partial charge in [-0.1, -0.05) is 19.9 Å². The zero-order valence-corrected chi connectivity index (χ0v) is 16.6. The molecule has 0 saturated carbocycles. The number of nitrogens with zero attached hydrogens (tertiary/aromatic N) is 2. The standard InChI is InChI=1S/C20H28N4O4/c1-11(2)7-15(19(21)27)22-20(28)18-14-8-13(9-23(10-14)12(3)25)16-5-4-6-17(26)24(16)18/h4-6,11,13-15,18H,7-10H2,1-3H3,(H2,21,27)(H,22,28)/t13-,14+,15+,18-/m1/s1. The van der Waals surface area contributed by atoms with E-state index < -0.39 is 23.9 Å². The first-order valence-corrected chi connectivity index (χ1v) is 9.75. The van der Waals surface area contributed by atoms with E-state index in [4.69, 9.17) is 5.73 Å². The summed E-state index contributed by atoms with van der Waals surface area (Å²) >= 11 is 0. The summed E-state index contributed by atoms with van der Waals surface area (Å²) < 4.78 is 1.54. The third-order valence-electron chi connectivity index (χ3n) is 5.73. The van der Waals surface area contributed by atoms with Crippen molar-refractivity contribution in [1.29, 1.82) is 0 Å². The van der Waals surface area contributed by atoms with Gasteiger partial charge in [0.05, 0.1) is 0 Å². The molecule has 2 aliphatic rings. The summed E-state index contributed by atoms with van der Waals surface area (Å²) in [4.78, 5) is 51.4. The van der Waals surface area contributed by atoms with Crippen molar-refractivity contribution in [2.75, 3.05) is 13.1 Å². The number of likely N-dealkylation sites (tertiary alicyclic amines) is 1. The number of amides is 3. The first-order valence-electron chi connectivity index (χ1n) is 9.75. The van der Waals surface area contributed by atoms with Crippen molar-refractivity contribution >= 4 is 17.7 Å². The van der Waals surface area contributed by atoms with Crippen LogP contribution in [0.15, 0.2) is 23.0 Å². The molecule has 0 unspecified atom stereocenters. The molecular formula is C20H28N4O4. The molecule has 8 nitrogen and oxygen atoms in total. The van der Waals surface area contributed by atoms with Gasteiger partial charge >= 0.3 is 0 Å². The molecule has 4 atom stereocenters. The van der Waals surface area contributed by atoms with E-state index in [1.807, 2.05) is 19.9 Å². The third kappa shape index (κ3) is 3.81. The van der Waals surface area contributed by atoms with Crippen molar-refractivity contribution in [3.63, 3.8) is 0 Å². The minimum absolute atomic E-state index is 0.0169. The lowest BCUT2D eigenvalue weighted by molar-refractivity contribution is -0.136. The van der Waals surface area contributed by atoms with Gasteiger partial charge < -0.3 is 16.0 Å². The highest BCUT2D eigenvalue weighted by Gasteiger charge is 2.44. The number of hydrogen-bond donors (Lipinski definition) is 2. The summed E-state index contributed by atoms with van der Waals surface area (Å²) in [6.45, 7) is 6.36. The minimum atomic E-state index is -0.791. The Morgan fingerprint density at radius 2 is 1.96 bits per heavy atom. The third-order valence-corrected chi connectivity index (χ3v) is 5.73. The Morgan fingerprint density at radius 1 is 1.25 bits per heavy atom. The fourth-order valence-electron chi connectivity index (χ4n) is 4.50. The largest absolute Gasteiger partial charge is 0.368 e. The van der Waals surface area contributed by atoms with Gasteiger partial charge in [-0.3, -0.25) is 23.7 Å². The highest BCUT2D eigenvalue weighted by molar-refractivity contribution is 5.88. The zero-order chi connectivity index (χ0) is 20.6. The van der Waals surface area contributed by atoms with Crippen molar-refractivity contribution in [2.45, 2.75) is 51.6 Å². The average Bonchev–Trinajstić information content (AvgIpc) is 2.61. The molecule has 1 saturated heterocycles. The van der Waals surface area contributed by atoms with Crippen LogP contribution >= 0.6 is 0 Å². The lowest BCUT2D eigenvalue weighted by Gasteiger charge is -2.46. The second-order valence-corrected chi connectivity index (χ2v) is 8.31. The number of carbonyl (C=O) groups is 3. The summed E-state index contributed by atoms with van der Waals surface area (Å²) in [5, 5.41) is 2.76. The van der Waals surface area contributed by atoms with Gasteiger partial charge in [-0.15, -0.1) is 0 Å². The second-order valence-electron chi connectivity index (χ2n) is 8.31. The van der Waals surface area contributed by atoms with Gasteiger partial charge in [0.2, 0.25) is 17.7 Å². The van der Waals surface area contributed by atoms with E-state index in [1.165, 1.54) is 13.0 Å². The van der Waals surface area contributed by atoms with E-state index in [9.17, 15) is 19.2 Å². The lowest BCUT2D eigenvalue weighted by atomic mass is 9.78. The molecule has 2 aliphatic heterocycles. The molecule has 1 aromatic rings. The summed E-state index contributed by atoms with van der Waals surface area (Å²) in [5.41, 5.74) is 5.99. The van der Waals surface area contributed by atoms with E-state index in [2.05, 4.69) is 5.32 Å². The topological polar surface area (TPSA) is 114 Å². The first-order chi connectivity index (χ1) is 13.2. The van der Waals surface area contributed by atoms with Crippen LogP contribution < -0.4 is 16.6 Å². The highest BCUT2D eigenvalue weighted by atomic mass is 16.2. The maximum absolute atomic E-state index is 13.2. The Balaban J connectivity index is 1.97. The molecule has 3 rings (SSSR count). The summed E-state index contributed by atoms with van der Waals surface area (Å²) in [6.07, 6.45) is 1.15.